The van der Waals surface area contributed by atoms with Crippen LogP contribution in [0, 0.1) is 6.92 Å². The van der Waals surface area contributed by atoms with Crippen LogP contribution in [-0.2, 0) is 11.2 Å². The molecule has 2 aromatic rings. The SMILES string of the molecule is Cc1c(Cl)ccc2ccc(CC(N)C(=O)O)nc12. The fourth-order valence-electron chi connectivity index (χ4n) is 1.77. The van der Waals surface area contributed by atoms with Gasteiger partial charge in [-0.05, 0) is 24.6 Å². The summed E-state index contributed by atoms with van der Waals surface area (Å²) < 4.78 is 0. The number of carboxylic acid groups (broad SMARTS) is 1. The van der Waals surface area contributed by atoms with Gasteiger partial charge in [0.15, 0.2) is 0 Å². The highest BCUT2D eigenvalue weighted by Crippen LogP contribution is 2.24. The summed E-state index contributed by atoms with van der Waals surface area (Å²) in [6.07, 6.45) is 0.206. The van der Waals surface area contributed by atoms with Gasteiger partial charge in [-0.25, -0.2) is 0 Å². The monoisotopic (exact) mass is 264 g/mol. The van der Waals surface area contributed by atoms with Crippen molar-refractivity contribution in [3.05, 3.63) is 40.5 Å². The maximum absolute atomic E-state index is 10.7. The fourth-order valence-corrected chi connectivity index (χ4v) is 1.93. The average Bonchev–Trinajstić information content (AvgIpc) is 2.34. The summed E-state index contributed by atoms with van der Waals surface area (Å²) in [4.78, 5) is 15.1. The van der Waals surface area contributed by atoms with Gasteiger partial charge in [-0.1, -0.05) is 23.7 Å². The van der Waals surface area contributed by atoms with E-state index >= 15 is 0 Å². The molecule has 0 radical (unpaired) electrons. The molecule has 0 aliphatic rings. The number of nitrogens with zero attached hydrogens (tertiary/aromatic N) is 1. The Bertz CT molecular complexity index is 613. The van der Waals surface area contributed by atoms with E-state index in [4.69, 9.17) is 22.4 Å². The number of halogens is 1. The zero-order valence-corrected chi connectivity index (χ0v) is 10.6. The molecule has 0 saturated heterocycles. The second-order valence-corrected chi connectivity index (χ2v) is 4.60. The molecule has 3 N–H and O–H groups in total. The number of rotatable bonds is 3. The van der Waals surface area contributed by atoms with Crippen LogP contribution in [0.25, 0.3) is 10.9 Å². The molecule has 0 saturated carbocycles. The summed E-state index contributed by atoms with van der Waals surface area (Å²) in [5.74, 6) is -1.03. The molecule has 1 unspecified atom stereocenters. The van der Waals surface area contributed by atoms with Gasteiger partial charge in [-0.15, -0.1) is 0 Å². The minimum Gasteiger partial charge on any atom is -0.480 e. The van der Waals surface area contributed by atoms with Crippen LogP contribution in [0.4, 0.5) is 0 Å². The lowest BCUT2D eigenvalue weighted by Gasteiger charge is -2.08. The molecule has 0 bridgehead atoms. The van der Waals surface area contributed by atoms with E-state index in [1.807, 2.05) is 25.1 Å². The van der Waals surface area contributed by atoms with Crippen molar-refractivity contribution in [2.45, 2.75) is 19.4 Å². The summed E-state index contributed by atoms with van der Waals surface area (Å²) in [7, 11) is 0. The Morgan fingerprint density at radius 1 is 1.44 bits per heavy atom. The van der Waals surface area contributed by atoms with Gasteiger partial charge in [0.25, 0.3) is 0 Å². The Morgan fingerprint density at radius 2 is 2.11 bits per heavy atom. The molecule has 1 atom stereocenters. The molecule has 0 spiro atoms. The topological polar surface area (TPSA) is 76.2 Å². The quantitative estimate of drug-likeness (QED) is 0.891. The number of hydrogen-bond acceptors (Lipinski definition) is 3. The third kappa shape index (κ3) is 2.44. The van der Waals surface area contributed by atoms with Gasteiger partial charge in [-0.3, -0.25) is 9.78 Å². The van der Waals surface area contributed by atoms with Gasteiger partial charge >= 0.3 is 5.97 Å². The molecular weight excluding hydrogens is 252 g/mol. The number of aliphatic carboxylic acids is 1. The minimum atomic E-state index is -1.03. The number of benzene rings is 1. The number of nitrogens with two attached hydrogens (primary N) is 1. The van der Waals surface area contributed by atoms with Crippen LogP contribution in [0.5, 0.6) is 0 Å². The summed E-state index contributed by atoms with van der Waals surface area (Å²) in [5.41, 5.74) is 7.83. The van der Waals surface area contributed by atoms with E-state index in [1.165, 1.54) is 0 Å². The highest BCUT2D eigenvalue weighted by atomic mass is 35.5. The third-order valence-electron chi connectivity index (χ3n) is 2.85. The van der Waals surface area contributed by atoms with Crippen LogP contribution in [-0.4, -0.2) is 22.1 Å². The summed E-state index contributed by atoms with van der Waals surface area (Å²) in [6.45, 7) is 1.89. The number of carboxylic acids is 1. The standard InChI is InChI=1S/C13H13ClN2O2/c1-7-10(14)5-3-8-2-4-9(16-12(7)8)6-11(15)13(17)18/h2-5,11H,6,15H2,1H3,(H,17,18). The molecule has 18 heavy (non-hydrogen) atoms. The van der Waals surface area contributed by atoms with Crippen LogP contribution < -0.4 is 5.73 Å². The molecule has 1 aromatic carbocycles. The molecule has 0 fully saturated rings. The van der Waals surface area contributed by atoms with Gasteiger partial charge in [0.1, 0.15) is 6.04 Å². The first-order valence-electron chi connectivity index (χ1n) is 5.52. The average molecular weight is 265 g/mol. The van der Waals surface area contributed by atoms with Crippen molar-refractivity contribution < 1.29 is 9.90 Å². The van der Waals surface area contributed by atoms with Crippen molar-refractivity contribution in [3.63, 3.8) is 0 Å². The Hall–Kier alpha value is -1.65. The van der Waals surface area contributed by atoms with Gasteiger partial charge in [0.2, 0.25) is 0 Å². The summed E-state index contributed by atoms with van der Waals surface area (Å²) >= 11 is 6.04. The lowest BCUT2D eigenvalue weighted by atomic mass is 10.1. The first-order chi connectivity index (χ1) is 8.49. The van der Waals surface area contributed by atoms with E-state index in [0.29, 0.717) is 10.7 Å². The lowest BCUT2D eigenvalue weighted by Crippen LogP contribution is -2.32. The molecule has 0 aliphatic carbocycles. The maximum Gasteiger partial charge on any atom is 0.320 e. The van der Waals surface area contributed by atoms with Crippen LogP contribution >= 0.6 is 11.6 Å². The molecule has 1 heterocycles. The van der Waals surface area contributed by atoms with Gasteiger partial charge < -0.3 is 10.8 Å². The number of carbonyl (C=O) groups is 1. The largest absolute Gasteiger partial charge is 0.480 e. The Morgan fingerprint density at radius 3 is 2.78 bits per heavy atom. The Balaban J connectivity index is 2.43. The third-order valence-corrected chi connectivity index (χ3v) is 3.26. The second-order valence-electron chi connectivity index (χ2n) is 4.20. The van der Waals surface area contributed by atoms with Gasteiger partial charge in [-0.2, -0.15) is 0 Å². The molecule has 94 valence electrons. The number of aryl methyl sites for hydroxylation is 1. The van der Waals surface area contributed by atoms with Crippen LogP contribution in [0.15, 0.2) is 24.3 Å². The van der Waals surface area contributed by atoms with Crippen LogP contribution in [0.1, 0.15) is 11.3 Å². The first kappa shape index (κ1) is 12.8. The van der Waals surface area contributed by atoms with Crippen molar-refractivity contribution in [2.75, 3.05) is 0 Å². The van der Waals surface area contributed by atoms with Crippen molar-refractivity contribution in [2.24, 2.45) is 5.73 Å². The van der Waals surface area contributed by atoms with Gasteiger partial charge in [0.05, 0.1) is 5.52 Å². The van der Waals surface area contributed by atoms with E-state index < -0.39 is 12.0 Å². The number of pyridine rings is 1. The van der Waals surface area contributed by atoms with Crippen LogP contribution in [0.3, 0.4) is 0 Å². The van der Waals surface area contributed by atoms with Gasteiger partial charge in [0, 0.05) is 22.5 Å². The molecule has 0 amide bonds. The molecular formula is C13H13ClN2O2. The molecule has 2 rings (SSSR count). The zero-order chi connectivity index (χ0) is 13.3. The Labute approximate surface area is 109 Å². The highest BCUT2D eigenvalue weighted by molar-refractivity contribution is 6.32. The van der Waals surface area contributed by atoms with Crippen molar-refractivity contribution in [3.8, 4) is 0 Å². The highest BCUT2D eigenvalue weighted by Gasteiger charge is 2.13. The van der Waals surface area contributed by atoms with E-state index in [9.17, 15) is 4.79 Å². The number of aromatic nitrogens is 1. The maximum atomic E-state index is 10.7. The van der Waals surface area contributed by atoms with Crippen molar-refractivity contribution in [1.82, 2.24) is 4.98 Å². The lowest BCUT2D eigenvalue weighted by molar-refractivity contribution is -0.138. The fraction of sp³-hybridized carbons (Fsp3) is 0.231. The van der Waals surface area contributed by atoms with E-state index in [2.05, 4.69) is 4.98 Å². The predicted octanol–water partition coefficient (Wildman–Crippen LogP) is 2.15. The molecule has 1 aromatic heterocycles. The minimum absolute atomic E-state index is 0.206. The molecule has 4 nitrogen and oxygen atoms in total. The number of hydrogen-bond donors (Lipinski definition) is 2. The summed E-state index contributed by atoms with van der Waals surface area (Å²) in [5, 5.41) is 10.4. The zero-order valence-electron chi connectivity index (χ0n) is 9.85. The first-order valence-corrected chi connectivity index (χ1v) is 5.90. The van der Waals surface area contributed by atoms with Crippen LogP contribution in [0.2, 0.25) is 5.02 Å². The normalized spacial score (nSPS) is 12.6. The Kier molecular flexibility index (Phi) is 3.50. The van der Waals surface area contributed by atoms with E-state index in [-0.39, 0.29) is 6.42 Å². The molecule has 0 aliphatic heterocycles. The van der Waals surface area contributed by atoms with E-state index in [0.717, 1.165) is 16.5 Å². The van der Waals surface area contributed by atoms with Crippen molar-refractivity contribution >= 4 is 28.5 Å². The summed E-state index contributed by atoms with van der Waals surface area (Å²) in [6, 6.07) is 6.46. The molecule has 5 heteroatoms. The predicted molar refractivity (Wildman–Crippen MR) is 70.8 cm³/mol. The van der Waals surface area contributed by atoms with Crippen molar-refractivity contribution in [1.29, 1.82) is 0 Å². The second kappa shape index (κ2) is 4.92. The number of fused-ring (bicyclic) bond motifs is 1. The smallest absolute Gasteiger partial charge is 0.320 e. The van der Waals surface area contributed by atoms with E-state index in [1.54, 1.807) is 6.07 Å².